The van der Waals surface area contributed by atoms with Gasteiger partial charge >= 0.3 is 0 Å². The molecule has 0 aliphatic carbocycles. The van der Waals surface area contributed by atoms with Crippen LogP contribution in [-0.2, 0) is 4.79 Å². The molecule has 1 atom stereocenters. The van der Waals surface area contributed by atoms with Gasteiger partial charge in [0.15, 0.2) is 5.78 Å². The summed E-state index contributed by atoms with van der Waals surface area (Å²) in [5, 5.41) is 2.95. The number of Topliss-reactive ketones (excluding diaryl/α,β-unsaturated/α-hetero) is 1. The summed E-state index contributed by atoms with van der Waals surface area (Å²) in [6.45, 7) is 3.73. The lowest BCUT2D eigenvalue weighted by atomic mass is 9.97. The molecule has 1 N–H and O–H groups in total. The van der Waals surface area contributed by atoms with E-state index < -0.39 is 5.54 Å². The van der Waals surface area contributed by atoms with Crippen molar-refractivity contribution in [3.63, 3.8) is 0 Å². The van der Waals surface area contributed by atoms with Crippen LogP contribution < -0.4 is 5.32 Å². The van der Waals surface area contributed by atoms with Crippen LogP contribution in [0.2, 0.25) is 0 Å². The van der Waals surface area contributed by atoms with E-state index in [1.807, 2.05) is 13.8 Å². The third-order valence-corrected chi connectivity index (χ3v) is 2.44. The van der Waals surface area contributed by atoms with E-state index in [1.54, 1.807) is 7.05 Å². The first-order valence-corrected chi connectivity index (χ1v) is 4.07. The van der Waals surface area contributed by atoms with Gasteiger partial charge in [0.25, 0.3) is 0 Å². The topological polar surface area (TPSA) is 29.1 Å². The van der Waals surface area contributed by atoms with Crippen LogP contribution in [0.4, 0.5) is 0 Å². The van der Waals surface area contributed by atoms with Crippen molar-refractivity contribution in [3.05, 3.63) is 0 Å². The predicted octanol–water partition coefficient (Wildman–Crippen LogP) is 0.873. The Bertz CT molecular complexity index is 121. The Labute approximate surface area is 67.8 Å². The summed E-state index contributed by atoms with van der Waals surface area (Å²) < 4.78 is 0. The fraction of sp³-hybridized carbons (Fsp3) is 0.857. The van der Waals surface area contributed by atoms with Gasteiger partial charge in [0, 0.05) is 12.2 Å². The van der Waals surface area contributed by atoms with Crippen LogP contribution in [0.3, 0.4) is 0 Å². The number of ketones is 1. The minimum Gasteiger partial charge on any atom is -0.308 e. The van der Waals surface area contributed by atoms with Crippen LogP contribution in [0.5, 0.6) is 0 Å². The maximum atomic E-state index is 11.2. The maximum Gasteiger partial charge on any atom is 0.153 e. The Morgan fingerprint density at radius 2 is 2.20 bits per heavy atom. The number of hydrogen-bond donors (Lipinski definition) is 2. The Morgan fingerprint density at radius 3 is 2.30 bits per heavy atom. The Morgan fingerprint density at radius 1 is 1.70 bits per heavy atom. The van der Waals surface area contributed by atoms with Gasteiger partial charge in [-0.1, -0.05) is 6.92 Å². The van der Waals surface area contributed by atoms with Crippen LogP contribution >= 0.6 is 12.6 Å². The molecule has 0 fully saturated rings. The zero-order chi connectivity index (χ0) is 8.20. The van der Waals surface area contributed by atoms with E-state index in [4.69, 9.17) is 0 Å². The van der Waals surface area contributed by atoms with Crippen LogP contribution in [0.15, 0.2) is 0 Å². The van der Waals surface area contributed by atoms with Gasteiger partial charge in [0.05, 0.1) is 5.54 Å². The molecule has 0 saturated heterocycles. The molecule has 0 amide bonds. The summed E-state index contributed by atoms with van der Waals surface area (Å²) in [4.78, 5) is 11.2. The standard InChI is InChI=1S/C7H15NOS/c1-4-6(9)7(2,5-10)8-3/h8,10H,4-5H2,1-3H3. The first-order chi connectivity index (χ1) is 4.60. The lowest BCUT2D eigenvalue weighted by Gasteiger charge is -2.24. The van der Waals surface area contributed by atoms with E-state index in [9.17, 15) is 4.79 Å². The van der Waals surface area contributed by atoms with Crippen LogP contribution in [0.1, 0.15) is 20.3 Å². The second-order valence-electron chi connectivity index (χ2n) is 2.52. The Balaban J connectivity index is 4.17. The molecule has 0 rings (SSSR count). The molecule has 0 spiro atoms. The fourth-order valence-corrected chi connectivity index (χ4v) is 1.03. The number of likely N-dealkylation sites (N-methyl/N-ethyl adjacent to an activating group) is 1. The van der Waals surface area contributed by atoms with Crippen molar-refractivity contribution in [2.45, 2.75) is 25.8 Å². The molecule has 60 valence electrons. The molecule has 0 aromatic heterocycles. The van der Waals surface area contributed by atoms with Crippen molar-refractivity contribution in [3.8, 4) is 0 Å². The molecule has 0 aromatic carbocycles. The van der Waals surface area contributed by atoms with E-state index in [2.05, 4.69) is 17.9 Å². The summed E-state index contributed by atoms with van der Waals surface area (Å²) in [6, 6.07) is 0. The van der Waals surface area contributed by atoms with Gasteiger partial charge < -0.3 is 5.32 Å². The lowest BCUT2D eigenvalue weighted by molar-refractivity contribution is -0.123. The second kappa shape index (κ2) is 3.98. The molecular weight excluding hydrogens is 146 g/mol. The van der Waals surface area contributed by atoms with Crippen molar-refractivity contribution in [1.29, 1.82) is 0 Å². The SMILES string of the molecule is CCC(=O)C(C)(CS)NC. The number of carbonyl (C=O) groups excluding carboxylic acids is 1. The molecule has 1 unspecified atom stereocenters. The number of nitrogens with one attached hydrogen (secondary N) is 1. The molecule has 0 bridgehead atoms. The predicted molar refractivity (Wildman–Crippen MR) is 46.6 cm³/mol. The quantitative estimate of drug-likeness (QED) is 0.599. The summed E-state index contributed by atoms with van der Waals surface area (Å²) >= 11 is 4.09. The molecule has 0 radical (unpaired) electrons. The van der Waals surface area contributed by atoms with Gasteiger partial charge in [-0.3, -0.25) is 4.79 Å². The van der Waals surface area contributed by atoms with Crippen molar-refractivity contribution in [1.82, 2.24) is 5.32 Å². The zero-order valence-electron chi connectivity index (χ0n) is 6.77. The molecule has 2 nitrogen and oxygen atoms in total. The fourth-order valence-electron chi connectivity index (χ4n) is 0.697. The summed E-state index contributed by atoms with van der Waals surface area (Å²) in [5.74, 6) is 0.765. The monoisotopic (exact) mass is 161 g/mol. The molecular formula is C7H15NOS. The van der Waals surface area contributed by atoms with Crippen molar-refractivity contribution < 1.29 is 4.79 Å². The van der Waals surface area contributed by atoms with Gasteiger partial charge in [0.2, 0.25) is 0 Å². The van der Waals surface area contributed by atoms with E-state index in [1.165, 1.54) is 0 Å². The average Bonchev–Trinajstić information content (AvgIpc) is 2.01. The summed E-state index contributed by atoms with van der Waals surface area (Å²) in [7, 11) is 1.78. The zero-order valence-corrected chi connectivity index (χ0v) is 7.66. The molecule has 0 saturated carbocycles. The highest BCUT2D eigenvalue weighted by molar-refractivity contribution is 7.80. The highest BCUT2D eigenvalue weighted by atomic mass is 32.1. The van der Waals surface area contributed by atoms with E-state index >= 15 is 0 Å². The lowest BCUT2D eigenvalue weighted by Crippen LogP contribution is -2.49. The van der Waals surface area contributed by atoms with Crippen molar-refractivity contribution in [2.75, 3.05) is 12.8 Å². The Hall–Kier alpha value is -0.0200. The number of thiol groups is 1. The summed E-state index contributed by atoms with van der Waals surface area (Å²) in [6.07, 6.45) is 0.567. The highest BCUT2D eigenvalue weighted by Gasteiger charge is 2.27. The third kappa shape index (κ3) is 1.99. The van der Waals surface area contributed by atoms with Gasteiger partial charge in [-0.15, -0.1) is 0 Å². The molecule has 0 aliphatic heterocycles. The van der Waals surface area contributed by atoms with Gasteiger partial charge in [-0.2, -0.15) is 12.6 Å². The maximum absolute atomic E-state index is 11.2. The van der Waals surface area contributed by atoms with Crippen LogP contribution in [0, 0.1) is 0 Å². The molecule has 0 heterocycles. The minimum absolute atomic E-state index is 0.213. The normalized spacial score (nSPS) is 16.4. The third-order valence-electron chi connectivity index (χ3n) is 1.80. The first-order valence-electron chi connectivity index (χ1n) is 3.43. The van der Waals surface area contributed by atoms with Crippen molar-refractivity contribution in [2.24, 2.45) is 0 Å². The molecule has 0 aromatic rings. The second-order valence-corrected chi connectivity index (χ2v) is 2.83. The van der Waals surface area contributed by atoms with E-state index in [0.29, 0.717) is 12.2 Å². The van der Waals surface area contributed by atoms with Gasteiger partial charge in [-0.25, -0.2) is 0 Å². The van der Waals surface area contributed by atoms with E-state index in [-0.39, 0.29) is 5.78 Å². The number of carbonyl (C=O) groups is 1. The Kier molecular flexibility index (Phi) is 3.98. The molecule has 0 aliphatic rings. The van der Waals surface area contributed by atoms with E-state index in [0.717, 1.165) is 0 Å². The van der Waals surface area contributed by atoms with Crippen LogP contribution in [0.25, 0.3) is 0 Å². The van der Waals surface area contributed by atoms with Crippen molar-refractivity contribution >= 4 is 18.4 Å². The smallest absolute Gasteiger partial charge is 0.153 e. The first kappa shape index (κ1) is 9.98. The van der Waals surface area contributed by atoms with Crippen LogP contribution in [-0.4, -0.2) is 24.1 Å². The highest BCUT2D eigenvalue weighted by Crippen LogP contribution is 2.08. The van der Waals surface area contributed by atoms with Gasteiger partial charge in [-0.05, 0) is 14.0 Å². The van der Waals surface area contributed by atoms with Gasteiger partial charge in [0.1, 0.15) is 0 Å². The minimum atomic E-state index is -0.433. The molecule has 10 heavy (non-hydrogen) atoms. The number of rotatable bonds is 4. The number of hydrogen-bond acceptors (Lipinski definition) is 3. The summed E-state index contributed by atoms with van der Waals surface area (Å²) in [5.41, 5.74) is -0.433. The molecule has 3 heteroatoms. The average molecular weight is 161 g/mol. The largest absolute Gasteiger partial charge is 0.308 e.